The molecular weight excluding hydrogens is 158 g/mol. The summed E-state index contributed by atoms with van der Waals surface area (Å²) in [7, 11) is 0. The van der Waals surface area contributed by atoms with Crippen molar-refractivity contribution < 1.29 is 9.90 Å². The molecule has 12 heavy (non-hydrogen) atoms. The Bertz CT molecular complexity index is 211. The summed E-state index contributed by atoms with van der Waals surface area (Å²) in [5.74, 6) is 0. The van der Waals surface area contributed by atoms with Gasteiger partial charge in [0, 0.05) is 6.54 Å². The standard InChI is InChI=1S/C7H11N3O2/c8-6-9-4-2-1-3-5-10(9)7(11)12/h1-5H2,(H,11,12). The van der Waals surface area contributed by atoms with E-state index in [0.717, 1.165) is 24.3 Å². The van der Waals surface area contributed by atoms with Crippen molar-refractivity contribution in [3.05, 3.63) is 0 Å². The zero-order valence-electron chi connectivity index (χ0n) is 6.73. The van der Waals surface area contributed by atoms with Crippen molar-refractivity contribution in [2.75, 3.05) is 13.1 Å². The summed E-state index contributed by atoms with van der Waals surface area (Å²) >= 11 is 0. The lowest BCUT2D eigenvalue weighted by Crippen LogP contribution is -2.42. The Morgan fingerprint density at radius 2 is 2.00 bits per heavy atom. The molecule has 1 amide bonds. The van der Waals surface area contributed by atoms with E-state index >= 15 is 0 Å². The van der Waals surface area contributed by atoms with Crippen LogP contribution in [-0.2, 0) is 0 Å². The molecule has 0 spiro atoms. The molecule has 5 heteroatoms. The first-order chi connectivity index (χ1) is 5.75. The van der Waals surface area contributed by atoms with Crippen LogP contribution in [0.15, 0.2) is 0 Å². The van der Waals surface area contributed by atoms with Gasteiger partial charge in [-0.1, -0.05) is 0 Å². The monoisotopic (exact) mass is 169 g/mol. The molecule has 1 aliphatic rings. The SMILES string of the molecule is N#CN1CCCCCN1C(=O)O. The Hall–Kier alpha value is -1.44. The summed E-state index contributed by atoms with van der Waals surface area (Å²) < 4.78 is 0. The highest BCUT2D eigenvalue weighted by Gasteiger charge is 2.21. The van der Waals surface area contributed by atoms with Crippen molar-refractivity contribution >= 4 is 6.09 Å². The lowest BCUT2D eigenvalue weighted by Gasteiger charge is -2.24. The third-order valence-corrected chi connectivity index (χ3v) is 1.87. The zero-order chi connectivity index (χ0) is 8.97. The fourth-order valence-electron chi connectivity index (χ4n) is 1.24. The minimum Gasteiger partial charge on any atom is -0.464 e. The molecule has 0 atom stereocenters. The summed E-state index contributed by atoms with van der Waals surface area (Å²) in [6.07, 6.45) is 3.52. The second-order valence-corrected chi connectivity index (χ2v) is 2.69. The molecule has 66 valence electrons. The molecule has 1 heterocycles. The van der Waals surface area contributed by atoms with Gasteiger partial charge < -0.3 is 5.11 Å². The molecule has 0 unspecified atom stereocenters. The highest BCUT2D eigenvalue weighted by Crippen LogP contribution is 2.09. The second kappa shape index (κ2) is 3.81. The molecule has 0 aromatic rings. The van der Waals surface area contributed by atoms with E-state index in [-0.39, 0.29) is 0 Å². The van der Waals surface area contributed by atoms with E-state index in [9.17, 15) is 4.79 Å². The van der Waals surface area contributed by atoms with Crippen LogP contribution in [0.3, 0.4) is 0 Å². The number of hydrogen-bond donors (Lipinski definition) is 1. The Labute approximate surface area is 70.8 Å². The van der Waals surface area contributed by atoms with Crippen molar-refractivity contribution in [3.8, 4) is 6.19 Å². The Morgan fingerprint density at radius 3 is 2.58 bits per heavy atom. The third kappa shape index (κ3) is 1.78. The predicted molar refractivity (Wildman–Crippen MR) is 40.9 cm³/mol. The Balaban J connectivity index is 2.65. The Morgan fingerprint density at radius 1 is 1.33 bits per heavy atom. The van der Waals surface area contributed by atoms with Gasteiger partial charge in [0.15, 0.2) is 6.19 Å². The van der Waals surface area contributed by atoms with Gasteiger partial charge in [-0.2, -0.15) is 5.26 Å². The van der Waals surface area contributed by atoms with Crippen molar-refractivity contribution in [2.45, 2.75) is 19.3 Å². The van der Waals surface area contributed by atoms with Gasteiger partial charge in [0.05, 0.1) is 6.54 Å². The first-order valence-electron chi connectivity index (χ1n) is 3.93. The van der Waals surface area contributed by atoms with Crippen LogP contribution in [-0.4, -0.2) is 34.3 Å². The first-order valence-corrected chi connectivity index (χ1v) is 3.93. The lowest BCUT2D eigenvalue weighted by molar-refractivity contribution is 0.0430. The second-order valence-electron chi connectivity index (χ2n) is 2.69. The number of carbonyl (C=O) groups is 1. The molecule has 0 aromatic heterocycles. The molecular formula is C7H11N3O2. The lowest BCUT2D eigenvalue weighted by atomic mass is 10.2. The average molecular weight is 169 g/mol. The van der Waals surface area contributed by atoms with E-state index in [4.69, 9.17) is 10.4 Å². The number of carboxylic acid groups (broad SMARTS) is 1. The van der Waals surface area contributed by atoms with Crippen LogP contribution in [0.5, 0.6) is 0 Å². The number of hydrogen-bond acceptors (Lipinski definition) is 3. The van der Waals surface area contributed by atoms with Crippen LogP contribution in [0.2, 0.25) is 0 Å². The number of nitriles is 1. The van der Waals surface area contributed by atoms with Gasteiger partial charge in [-0.15, -0.1) is 0 Å². The van der Waals surface area contributed by atoms with Gasteiger partial charge in [0.25, 0.3) is 0 Å². The summed E-state index contributed by atoms with van der Waals surface area (Å²) in [6, 6.07) is 0. The maximum Gasteiger partial charge on any atom is 0.426 e. The maximum absolute atomic E-state index is 10.6. The van der Waals surface area contributed by atoms with E-state index < -0.39 is 6.09 Å². The largest absolute Gasteiger partial charge is 0.464 e. The molecule has 0 aromatic carbocycles. The van der Waals surface area contributed by atoms with Crippen LogP contribution in [0.4, 0.5) is 4.79 Å². The van der Waals surface area contributed by atoms with Crippen LogP contribution in [0.25, 0.3) is 0 Å². The van der Waals surface area contributed by atoms with Gasteiger partial charge >= 0.3 is 6.09 Å². The van der Waals surface area contributed by atoms with Crippen LogP contribution in [0.1, 0.15) is 19.3 Å². The fourth-order valence-corrected chi connectivity index (χ4v) is 1.24. The van der Waals surface area contributed by atoms with Crippen LogP contribution in [0, 0.1) is 11.5 Å². The molecule has 0 radical (unpaired) electrons. The number of amides is 1. The van der Waals surface area contributed by atoms with E-state index in [1.54, 1.807) is 0 Å². The highest BCUT2D eigenvalue weighted by molar-refractivity contribution is 5.64. The molecule has 5 nitrogen and oxygen atoms in total. The molecule has 1 rings (SSSR count). The van der Waals surface area contributed by atoms with E-state index in [0.29, 0.717) is 13.1 Å². The molecule has 1 N–H and O–H groups in total. The van der Waals surface area contributed by atoms with Crippen molar-refractivity contribution in [1.82, 2.24) is 10.0 Å². The van der Waals surface area contributed by atoms with Crippen LogP contribution < -0.4 is 0 Å². The normalized spacial score (nSPS) is 18.2. The Kier molecular flexibility index (Phi) is 2.75. The fraction of sp³-hybridized carbons (Fsp3) is 0.714. The molecule has 0 bridgehead atoms. The number of rotatable bonds is 0. The molecule has 1 saturated heterocycles. The number of nitrogens with zero attached hydrogens (tertiary/aromatic N) is 3. The van der Waals surface area contributed by atoms with Gasteiger partial charge in [-0.05, 0) is 19.3 Å². The predicted octanol–water partition coefficient (Wildman–Crippen LogP) is 0.848. The summed E-state index contributed by atoms with van der Waals surface area (Å²) in [6.45, 7) is 0.950. The molecule has 0 saturated carbocycles. The van der Waals surface area contributed by atoms with E-state index in [2.05, 4.69) is 0 Å². The van der Waals surface area contributed by atoms with E-state index in [1.807, 2.05) is 6.19 Å². The maximum atomic E-state index is 10.6. The van der Waals surface area contributed by atoms with Crippen molar-refractivity contribution in [2.24, 2.45) is 0 Å². The topological polar surface area (TPSA) is 67.6 Å². The first kappa shape index (κ1) is 8.65. The highest BCUT2D eigenvalue weighted by atomic mass is 16.4. The summed E-state index contributed by atoms with van der Waals surface area (Å²) in [4.78, 5) is 10.6. The minimum absolute atomic E-state index is 0.433. The number of hydrazine groups is 1. The van der Waals surface area contributed by atoms with Crippen molar-refractivity contribution in [3.63, 3.8) is 0 Å². The third-order valence-electron chi connectivity index (χ3n) is 1.87. The minimum atomic E-state index is -1.04. The molecule has 0 aliphatic carbocycles. The van der Waals surface area contributed by atoms with Gasteiger partial charge in [-0.25, -0.2) is 14.8 Å². The van der Waals surface area contributed by atoms with E-state index in [1.165, 1.54) is 5.01 Å². The smallest absolute Gasteiger partial charge is 0.426 e. The van der Waals surface area contributed by atoms with Gasteiger partial charge in [0.1, 0.15) is 0 Å². The summed E-state index contributed by atoms with van der Waals surface area (Å²) in [5.41, 5.74) is 0. The average Bonchev–Trinajstić information content (AvgIpc) is 2.27. The van der Waals surface area contributed by atoms with Crippen molar-refractivity contribution in [1.29, 1.82) is 5.26 Å². The summed E-state index contributed by atoms with van der Waals surface area (Å²) in [5, 5.41) is 19.6. The molecule has 1 fully saturated rings. The quantitative estimate of drug-likeness (QED) is 0.546. The van der Waals surface area contributed by atoms with Gasteiger partial charge in [-0.3, -0.25) is 0 Å². The van der Waals surface area contributed by atoms with Crippen LogP contribution >= 0.6 is 0 Å². The molecule has 1 aliphatic heterocycles. The zero-order valence-corrected chi connectivity index (χ0v) is 6.73. The van der Waals surface area contributed by atoms with Gasteiger partial charge in [0.2, 0.25) is 0 Å².